The molecule has 7 heteroatoms. The normalized spacial score (nSPS) is 9.95. The Labute approximate surface area is 108 Å². The number of aromatic nitrogens is 2. The minimum atomic E-state index is -1.04. The Morgan fingerprint density at radius 2 is 2.11 bits per heavy atom. The number of benzene rings is 1. The maximum atomic E-state index is 11.9. The standard InChI is InChI=1S/C12H11FN4O2/c13-7-19-9-6-15-10(11(14)17-9)12(18)16-8-4-2-1-3-5-8/h1-6H,7H2,(H2,14,17)(H,16,18). The summed E-state index contributed by atoms with van der Waals surface area (Å²) >= 11 is 0. The van der Waals surface area contributed by atoms with Crippen LogP contribution in [0.1, 0.15) is 10.5 Å². The van der Waals surface area contributed by atoms with E-state index in [4.69, 9.17) is 5.73 Å². The van der Waals surface area contributed by atoms with E-state index in [1.54, 1.807) is 24.3 Å². The molecule has 0 aliphatic carbocycles. The number of alkyl halides is 1. The molecule has 3 N–H and O–H groups in total. The van der Waals surface area contributed by atoms with Gasteiger partial charge in [-0.25, -0.2) is 9.37 Å². The van der Waals surface area contributed by atoms with Crippen molar-refractivity contribution in [1.82, 2.24) is 9.97 Å². The van der Waals surface area contributed by atoms with E-state index in [1.807, 2.05) is 6.07 Å². The van der Waals surface area contributed by atoms with Crippen molar-refractivity contribution < 1.29 is 13.9 Å². The lowest BCUT2D eigenvalue weighted by atomic mass is 10.3. The molecular formula is C12H11FN4O2. The van der Waals surface area contributed by atoms with Gasteiger partial charge in [0.25, 0.3) is 5.91 Å². The number of carbonyl (C=O) groups excluding carboxylic acids is 1. The van der Waals surface area contributed by atoms with Gasteiger partial charge in [-0.3, -0.25) is 4.79 Å². The van der Waals surface area contributed by atoms with Gasteiger partial charge in [0.05, 0.1) is 6.20 Å². The maximum Gasteiger partial charge on any atom is 0.278 e. The van der Waals surface area contributed by atoms with Gasteiger partial charge >= 0.3 is 0 Å². The Bertz CT molecular complexity index is 577. The molecule has 0 aliphatic rings. The molecular weight excluding hydrogens is 251 g/mol. The van der Waals surface area contributed by atoms with Gasteiger partial charge in [-0.1, -0.05) is 18.2 Å². The Morgan fingerprint density at radius 3 is 2.74 bits per heavy atom. The molecule has 0 spiro atoms. The SMILES string of the molecule is Nc1nc(OCF)cnc1C(=O)Nc1ccccc1. The second-order valence-corrected chi connectivity index (χ2v) is 3.52. The fourth-order valence-corrected chi connectivity index (χ4v) is 1.40. The molecule has 98 valence electrons. The Morgan fingerprint density at radius 1 is 1.37 bits per heavy atom. The zero-order valence-corrected chi connectivity index (χ0v) is 9.84. The number of para-hydroxylation sites is 1. The first-order valence-electron chi connectivity index (χ1n) is 5.38. The first-order valence-corrected chi connectivity index (χ1v) is 5.38. The predicted molar refractivity (Wildman–Crippen MR) is 67.4 cm³/mol. The largest absolute Gasteiger partial charge is 0.445 e. The number of hydrogen-bond acceptors (Lipinski definition) is 5. The van der Waals surface area contributed by atoms with Gasteiger partial charge in [-0.05, 0) is 12.1 Å². The Hall–Kier alpha value is -2.70. The highest BCUT2D eigenvalue weighted by molar-refractivity contribution is 6.05. The molecule has 1 amide bonds. The number of carbonyl (C=O) groups is 1. The third kappa shape index (κ3) is 3.15. The van der Waals surface area contributed by atoms with Crippen molar-refractivity contribution in [2.75, 3.05) is 17.9 Å². The number of nitrogens with zero attached hydrogens (tertiary/aromatic N) is 2. The van der Waals surface area contributed by atoms with Crippen molar-refractivity contribution in [1.29, 1.82) is 0 Å². The quantitative estimate of drug-likeness (QED) is 0.873. The van der Waals surface area contributed by atoms with Crippen LogP contribution in [0.5, 0.6) is 5.88 Å². The number of nitrogen functional groups attached to an aromatic ring is 1. The number of rotatable bonds is 4. The van der Waals surface area contributed by atoms with E-state index in [2.05, 4.69) is 20.0 Å². The van der Waals surface area contributed by atoms with Gasteiger partial charge < -0.3 is 15.8 Å². The predicted octanol–water partition coefficient (Wildman–Crippen LogP) is 1.62. The summed E-state index contributed by atoms with van der Waals surface area (Å²) in [5.74, 6) is -0.696. The van der Waals surface area contributed by atoms with Crippen molar-refractivity contribution in [3.05, 3.63) is 42.2 Å². The van der Waals surface area contributed by atoms with E-state index in [-0.39, 0.29) is 17.4 Å². The molecule has 0 saturated heterocycles. The van der Waals surface area contributed by atoms with Crippen LogP contribution in [0.4, 0.5) is 15.9 Å². The number of hydrogen-bond donors (Lipinski definition) is 2. The van der Waals surface area contributed by atoms with Gasteiger partial charge in [0.2, 0.25) is 12.7 Å². The van der Waals surface area contributed by atoms with E-state index >= 15 is 0 Å². The molecule has 0 fully saturated rings. The number of halogens is 1. The van der Waals surface area contributed by atoms with E-state index in [9.17, 15) is 9.18 Å². The molecule has 1 heterocycles. The van der Waals surface area contributed by atoms with Crippen LogP contribution in [0.25, 0.3) is 0 Å². The first-order chi connectivity index (χ1) is 9.20. The van der Waals surface area contributed by atoms with Crippen LogP contribution in [0, 0.1) is 0 Å². The highest BCUT2D eigenvalue weighted by Gasteiger charge is 2.14. The molecule has 0 radical (unpaired) electrons. The number of nitrogens with two attached hydrogens (primary N) is 1. The number of anilines is 2. The van der Waals surface area contributed by atoms with Gasteiger partial charge in [0.15, 0.2) is 11.5 Å². The Kier molecular flexibility index (Phi) is 3.87. The van der Waals surface area contributed by atoms with E-state index in [0.29, 0.717) is 5.69 Å². The fourth-order valence-electron chi connectivity index (χ4n) is 1.40. The van der Waals surface area contributed by atoms with Crippen LogP contribution in [0.2, 0.25) is 0 Å². The van der Waals surface area contributed by atoms with Crippen molar-refractivity contribution in [3.63, 3.8) is 0 Å². The average Bonchev–Trinajstić information content (AvgIpc) is 2.40. The maximum absolute atomic E-state index is 11.9. The summed E-state index contributed by atoms with van der Waals surface area (Å²) < 4.78 is 16.4. The van der Waals surface area contributed by atoms with Crippen LogP contribution in [0.3, 0.4) is 0 Å². The van der Waals surface area contributed by atoms with E-state index in [0.717, 1.165) is 6.20 Å². The number of nitrogens with one attached hydrogen (secondary N) is 1. The van der Waals surface area contributed by atoms with Crippen molar-refractivity contribution in [3.8, 4) is 5.88 Å². The molecule has 0 unspecified atom stereocenters. The topological polar surface area (TPSA) is 90.1 Å². The zero-order valence-electron chi connectivity index (χ0n) is 9.84. The second kappa shape index (κ2) is 5.76. The van der Waals surface area contributed by atoms with Crippen LogP contribution in [-0.4, -0.2) is 22.7 Å². The monoisotopic (exact) mass is 262 g/mol. The van der Waals surface area contributed by atoms with Crippen LogP contribution in [0.15, 0.2) is 36.5 Å². The van der Waals surface area contributed by atoms with Crippen molar-refractivity contribution in [2.24, 2.45) is 0 Å². The van der Waals surface area contributed by atoms with Crippen LogP contribution >= 0.6 is 0 Å². The molecule has 0 bridgehead atoms. The smallest absolute Gasteiger partial charge is 0.278 e. The second-order valence-electron chi connectivity index (χ2n) is 3.52. The van der Waals surface area contributed by atoms with Gasteiger partial charge in [-0.2, -0.15) is 4.98 Å². The lowest BCUT2D eigenvalue weighted by Crippen LogP contribution is -2.17. The Balaban J connectivity index is 2.15. The van der Waals surface area contributed by atoms with Crippen molar-refractivity contribution in [2.45, 2.75) is 0 Å². The third-order valence-corrected chi connectivity index (χ3v) is 2.23. The highest BCUT2D eigenvalue weighted by atomic mass is 19.1. The molecule has 1 aromatic carbocycles. The summed E-state index contributed by atoms with van der Waals surface area (Å²) in [6.45, 7) is -1.04. The number of amides is 1. The summed E-state index contributed by atoms with van der Waals surface area (Å²) in [4.78, 5) is 19.4. The highest BCUT2D eigenvalue weighted by Crippen LogP contribution is 2.14. The molecule has 0 saturated carbocycles. The van der Waals surface area contributed by atoms with Gasteiger partial charge in [0, 0.05) is 5.69 Å². The molecule has 0 aliphatic heterocycles. The molecule has 2 rings (SSSR count). The summed E-state index contributed by atoms with van der Waals surface area (Å²) in [6.07, 6.45) is 1.13. The van der Waals surface area contributed by atoms with Gasteiger partial charge in [0.1, 0.15) is 0 Å². The fraction of sp³-hybridized carbons (Fsp3) is 0.0833. The minimum absolute atomic E-state index is 0.0462. The summed E-state index contributed by atoms with van der Waals surface area (Å²) in [5.41, 5.74) is 6.13. The lowest BCUT2D eigenvalue weighted by Gasteiger charge is -2.07. The third-order valence-electron chi connectivity index (χ3n) is 2.23. The molecule has 1 aromatic heterocycles. The van der Waals surface area contributed by atoms with Crippen LogP contribution < -0.4 is 15.8 Å². The van der Waals surface area contributed by atoms with E-state index < -0.39 is 12.8 Å². The summed E-state index contributed by atoms with van der Waals surface area (Å²) in [7, 11) is 0. The van der Waals surface area contributed by atoms with Crippen LogP contribution in [-0.2, 0) is 0 Å². The lowest BCUT2D eigenvalue weighted by molar-refractivity contribution is 0.102. The number of ether oxygens (including phenoxy) is 1. The first kappa shape index (κ1) is 12.7. The molecule has 19 heavy (non-hydrogen) atoms. The minimum Gasteiger partial charge on any atom is -0.445 e. The van der Waals surface area contributed by atoms with Crippen molar-refractivity contribution >= 4 is 17.4 Å². The van der Waals surface area contributed by atoms with E-state index in [1.165, 1.54) is 0 Å². The summed E-state index contributed by atoms with van der Waals surface area (Å²) in [5, 5.41) is 2.61. The van der Waals surface area contributed by atoms with Gasteiger partial charge in [-0.15, -0.1) is 0 Å². The average molecular weight is 262 g/mol. The summed E-state index contributed by atoms with van der Waals surface area (Å²) in [6, 6.07) is 8.84. The molecule has 0 atom stereocenters. The zero-order chi connectivity index (χ0) is 13.7. The molecule has 6 nitrogen and oxygen atoms in total. The molecule has 2 aromatic rings.